The molecule has 32 heavy (non-hydrogen) atoms. The summed E-state index contributed by atoms with van der Waals surface area (Å²) in [5.41, 5.74) is 2.62. The number of halogens is 2. The molecule has 4 nitrogen and oxygen atoms in total. The SMILES string of the molecule is COc1cc(/C=C2\SC(=S)N(c3ccc(Br)cc3)C2=O)ccc1OCc1ccc(Br)cc1. The number of benzene rings is 3. The second-order valence-electron chi connectivity index (χ2n) is 6.82. The number of hydrogen-bond donors (Lipinski definition) is 0. The van der Waals surface area contributed by atoms with Crippen molar-refractivity contribution < 1.29 is 14.3 Å². The van der Waals surface area contributed by atoms with E-state index in [1.54, 1.807) is 12.0 Å². The third kappa shape index (κ3) is 5.26. The van der Waals surface area contributed by atoms with Crippen LogP contribution in [-0.2, 0) is 11.4 Å². The predicted molar refractivity (Wildman–Crippen MR) is 141 cm³/mol. The summed E-state index contributed by atoms with van der Waals surface area (Å²) in [6.45, 7) is 0.425. The minimum absolute atomic E-state index is 0.142. The van der Waals surface area contributed by atoms with Crippen LogP contribution in [0.5, 0.6) is 11.5 Å². The van der Waals surface area contributed by atoms with Gasteiger partial charge in [0.25, 0.3) is 5.91 Å². The van der Waals surface area contributed by atoms with Crippen LogP contribution in [0.1, 0.15) is 11.1 Å². The summed E-state index contributed by atoms with van der Waals surface area (Å²) in [5, 5.41) is 0. The number of methoxy groups -OCH3 is 1. The Kier molecular flexibility index (Phi) is 7.35. The fourth-order valence-electron chi connectivity index (χ4n) is 3.07. The summed E-state index contributed by atoms with van der Waals surface area (Å²) in [5.74, 6) is 1.09. The van der Waals surface area contributed by atoms with E-state index in [1.165, 1.54) is 11.8 Å². The molecule has 1 aliphatic rings. The lowest BCUT2D eigenvalue weighted by Crippen LogP contribution is -2.27. The molecular weight excluding hydrogens is 574 g/mol. The van der Waals surface area contributed by atoms with E-state index in [2.05, 4.69) is 31.9 Å². The van der Waals surface area contributed by atoms with E-state index in [0.29, 0.717) is 27.3 Å². The van der Waals surface area contributed by atoms with E-state index >= 15 is 0 Å². The Hall–Kier alpha value is -2.13. The van der Waals surface area contributed by atoms with E-state index in [1.807, 2.05) is 72.8 Å². The molecular formula is C24H17Br2NO3S2. The minimum atomic E-state index is -0.142. The molecule has 0 atom stereocenters. The lowest BCUT2D eigenvalue weighted by atomic mass is 10.1. The first kappa shape index (κ1) is 23.0. The molecule has 4 rings (SSSR count). The highest BCUT2D eigenvalue weighted by atomic mass is 79.9. The van der Waals surface area contributed by atoms with Gasteiger partial charge >= 0.3 is 0 Å². The molecule has 1 amide bonds. The zero-order chi connectivity index (χ0) is 22.7. The van der Waals surface area contributed by atoms with E-state index in [9.17, 15) is 4.79 Å². The first-order chi connectivity index (χ1) is 15.4. The molecule has 1 fully saturated rings. The average Bonchev–Trinajstić information content (AvgIpc) is 3.07. The Bertz CT molecular complexity index is 1190. The van der Waals surface area contributed by atoms with Crippen molar-refractivity contribution in [3.63, 3.8) is 0 Å². The predicted octanol–water partition coefficient (Wildman–Crippen LogP) is 7.21. The molecule has 162 valence electrons. The van der Waals surface area contributed by atoms with Crippen molar-refractivity contribution in [1.82, 2.24) is 0 Å². The summed E-state index contributed by atoms with van der Waals surface area (Å²) in [7, 11) is 1.60. The van der Waals surface area contributed by atoms with Crippen molar-refractivity contribution in [2.75, 3.05) is 12.0 Å². The number of anilines is 1. The number of thioether (sulfide) groups is 1. The molecule has 3 aromatic rings. The summed E-state index contributed by atoms with van der Waals surface area (Å²) < 4.78 is 13.9. The maximum atomic E-state index is 13.0. The van der Waals surface area contributed by atoms with Gasteiger partial charge in [0.1, 0.15) is 6.61 Å². The highest BCUT2D eigenvalue weighted by Gasteiger charge is 2.33. The van der Waals surface area contributed by atoms with Crippen molar-refractivity contribution in [2.45, 2.75) is 6.61 Å². The number of amides is 1. The summed E-state index contributed by atoms with van der Waals surface area (Å²) >= 11 is 13.6. The van der Waals surface area contributed by atoms with Crippen LogP contribution < -0.4 is 14.4 Å². The molecule has 0 aliphatic carbocycles. The van der Waals surface area contributed by atoms with Crippen LogP contribution in [0, 0.1) is 0 Å². The van der Waals surface area contributed by atoms with Gasteiger partial charge in [0.05, 0.1) is 17.7 Å². The smallest absolute Gasteiger partial charge is 0.270 e. The second-order valence-corrected chi connectivity index (χ2v) is 10.3. The Balaban J connectivity index is 1.52. The number of ether oxygens (including phenoxy) is 2. The summed E-state index contributed by atoms with van der Waals surface area (Å²) in [6.07, 6.45) is 1.82. The van der Waals surface area contributed by atoms with E-state index in [-0.39, 0.29) is 5.91 Å². The van der Waals surface area contributed by atoms with Gasteiger partial charge < -0.3 is 9.47 Å². The molecule has 0 bridgehead atoms. The molecule has 0 radical (unpaired) electrons. The molecule has 0 saturated carbocycles. The van der Waals surface area contributed by atoms with E-state index < -0.39 is 0 Å². The zero-order valence-electron chi connectivity index (χ0n) is 16.9. The number of nitrogens with zero attached hydrogens (tertiary/aromatic N) is 1. The first-order valence-corrected chi connectivity index (χ1v) is 12.3. The van der Waals surface area contributed by atoms with Gasteiger partial charge in [-0.15, -0.1) is 0 Å². The van der Waals surface area contributed by atoms with Crippen molar-refractivity contribution in [1.29, 1.82) is 0 Å². The fourth-order valence-corrected chi connectivity index (χ4v) is 4.89. The monoisotopic (exact) mass is 589 g/mol. The third-order valence-electron chi connectivity index (χ3n) is 4.67. The molecule has 0 N–H and O–H groups in total. The number of hydrogen-bond acceptors (Lipinski definition) is 5. The van der Waals surface area contributed by atoms with Crippen molar-refractivity contribution in [3.05, 3.63) is 91.7 Å². The number of carbonyl (C=O) groups excluding carboxylic acids is 1. The topological polar surface area (TPSA) is 38.8 Å². The average molecular weight is 591 g/mol. The summed E-state index contributed by atoms with van der Waals surface area (Å²) in [6, 6.07) is 21.0. The Morgan fingerprint density at radius 2 is 1.62 bits per heavy atom. The molecule has 1 saturated heterocycles. The van der Waals surface area contributed by atoms with Crippen molar-refractivity contribution in [2.24, 2.45) is 0 Å². The lowest BCUT2D eigenvalue weighted by Gasteiger charge is -2.14. The van der Waals surface area contributed by atoms with Crippen LogP contribution >= 0.6 is 55.8 Å². The normalized spacial score (nSPS) is 14.8. The number of thiocarbonyl (C=S) groups is 1. The number of carbonyl (C=O) groups is 1. The van der Waals surface area contributed by atoms with Crippen molar-refractivity contribution >= 4 is 77.8 Å². The third-order valence-corrected chi connectivity index (χ3v) is 7.03. The standard InChI is InChI=1S/C24H17Br2NO3S2/c1-29-21-12-16(4-11-20(21)30-14-15-2-5-17(25)6-3-15)13-22-23(28)27(24(31)32-22)19-9-7-18(26)8-10-19/h2-13H,14H2,1H3/b22-13-. The van der Waals surface area contributed by atoms with Crippen LogP contribution in [-0.4, -0.2) is 17.3 Å². The zero-order valence-corrected chi connectivity index (χ0v) is 21.7. The maximum absolute atomic E-state index is 13.0. The van der Waals surface area contributed by atoms with E-state index in [4.69, 9.17) is 21.7 Å². The van der Waals surface area contributed by atoms with Gasteiger partial charge in [0.2, 0.25) is 0 Å². The van der Waals surface area contributed by atoms with Crippen LogP contribution in [0.4, 0.5) is 5.69 Å². The molecule has 3 aromatic carbocycles. The highest BCUT2D eigenvalue weighted by Crippen LogP contribution is 2.37. The molecule has 1 heterocycles. The molecule has 0 spiro atoms. The quantitative estimate of drug-likeness (QED) is 0.224. The van der Waals surface area contributed by atoms with Gasteiger partial charge in [0, 0.05) is 8.95 Å². The maximum Gasteiger partial charge on any atom is 0.270 e. The minimum Gasteiger partial charge on any atom is -0.493 e. The molecule has 0 unspecified atom stereocenters. The highest BCUT2D eigenvalue weighted by molar-refractivity contribution is 9.10. The van der Waals surface area contributed by atoms with Gasteiger partial charge in [-0.2, -0.15) is 0 Å². The van der Waals surface area contributed by atoms with Gasteiger partial charge in [-0.05, 0) is 65.7 Å². The first-order valence-electron chi connectivity index (χ1n) is 9.53. The van der Waals surface area contributed by atoms with Gasteiger partial charge in [-0.25, -0.2) is 0 Å². The van der Waals surface area contributed by atoms with Gasteiger partial charge in [-0.1, -0.05) is 74.0 Å². The fraction of sp³-hybridized carbons (Fsp3) is 0.0833. The van der Waals surface area contributed by atoms with Gasteiger partial charge in [0.15, 0.2) is 15.8 Å². The van der Waals surface area contributed by atoms with Crippen molar-refractivity contribution in [3.8, 4) is 11.5 Å². The Morgan fingerprint density at radius 1 is 0.969 bits per heavy atom. The summed E-state index contributed by atoms with van der Waals surface area (Å²) in [4.78, 5) is 15.1. The lowest BCUT2D eigenvalue weighted by molar-refractivity contribution is -0.113. The van der Waals surface area contributed by atoms with Crippen LogP contribution in [0.2, 0.25) is 0 Å². The van der Waals surface area contributed by atoms with Gasteiger partial charge in [-0.3, -0.25) is 9.69 Å². The number of rotatable bonds is 6. The molecule has 1 aliphatic heterocycles. The Labute approximate surface area is 212 Å². The molecule has 0 aromatic heterocycles. The Morgan fingerprint density at radius 3 is 2.28 bits per heavy atom. The molecule has 8 heteroatoms. The van der Waals surface area contributed by atoms with Crippen LogP contribution in [0.25, 0.3) is 6.08 Å². The van der Waals surface area contributed by atoms with Crippen LogP contribution in [0.15, 0.2) is 80.6 Å². The second kappa shape index (κ2) is 10.2. The van der Waals surface area contributed by atoms with Crippen LogP contribution in [0.3, 0.4) is 0 Å². The van der Waals surface area contributed by atoms with E-state index in [0.717, 1.165) is 25.8 Å². The largest absolute Gasteiger partial charge is 0.493 e.